The molecule has 0 saturated heterocycles. The number of hydrogen-bond donors (Lipinski definition) is 1. The molecule has 1 unspecified atom stereocenters. The number of unbranched alkanes of at least 4 members (excludes halogenated alkanes) is 1. The van der Waals surface area contributed by atoms with E-state index in [4.69, 9.17) is 9.84 Å². The van der Waals surface area contributed by atoms with E-state index in [0.717, 1.165) is 18.6 Å². The zero-order valence-electron chi connectivity index (χ0n) is 11.9. The molecule has 1 aromatic rings. The number of thioether (sulfide) groups is 1. The highest BCUT2D eigenvalue weighted by molar-refractivity contribution is 7.99. The molecule has 1 atom stereocenters. The van der Waals surface area contributed by atoms with Gasteiger partial charge in [-0.05, 0) is 24.3 Å². The number of benzene rings is 1. The summed E-state index contributed by atoms with van der Waals surface area (Å²) < 4.78 is 5.42. The Labute approximate surface area is 128 Å². The highest BCUT2D eigenvalue weighted by Gasteiger charge is 2.33. The fourth-order valence-corrected chi connectivity index (χ4v) is 3.05. The lowest BCUT2D eigenvalue weighted by atomic mass is 10.2. The van der Waals surface area contributed by atoms with Crippen LogP contribution in [-0.2, 0) is 9.59 Å². The summed E-state index contributed by atoms with van der Waals surface area (Å²) in [5.74, 6) is 0.624. The number of carboxylic acid groups (broad SMARTS) is 1. The Bertz CT molecular complexity index is 520. The lowest BCUT2D eigenvalue weighted by molar-refractivity contribution is -0.145. The second-order valence-electron chi connectivity index (χ2n) is 4.82. The minimum Gasteiger partial charge on any atom is -0.478 e. The Balaban J connectivity index is 2.09. The molecule has 2 rings (SSSR count). The maximum Gasteiger partial charge on any atom is 0.346 e. The van der Waals surface area contributed by atoms with Crippen molar-refractivity contribution in [2.75, 3.05) is 23.0 Å². The number of fused-ring (bicyclic) bond motifs is 1. The SMILES string of the molecule is CCCCSCC(=O)N1CC(C(=O)O)Oc2ccccc21. The number of nitrogens with zero attached hydrogens (tertiary/aromatic N) is 1. The Hall–Kier alpha value is -1.69. The molecule has 5 nitrogen and oxygen atoms in total. The lowest BCUT2D eigenvalue weighted by Crippen LogP contribution is -2.47. The van der Waals surface area contributed by atoms with E-state index < -0.39 is 12.1 Å². The predicted molar refractivity (Wildman–Crippen MR) is 83.1 cm³/mol. The van der Waals surface area contributed by atoms with Gasteiger partial charge >= 0.3 is 5.97 Å². The minimum absolute atomic E-state index is 0.0551. The van der Waals surface area contributed by atoms with E-state index in [1.54, 1.807) is 30.0 Å². The fourth-order valence-electron chi connectivity index (χ4n) is 2.08. The van der Waals surface area contributed by atoms with Crippen LogP contribution in [0.15, 0.2) is 24.3 Å². The number of amides is 1. The van der Waals surface area contributed by atoms with Crippen LogP contribution in [0.4, 0.5) is 5.69 Å². The monoisotopic (exact) mass is 309 g/mol. The normalized spacial score (nSPS) is 17.0. The number of para-hydroxylation sites is 2. The van der Waals surface area contributed by atoms with Crippen molar-refractivity contribution in [2.45, 2.75) is 25.9 Å². The molecule has 6 heteroatoms. The highest BCUT2D eigenvalue weighted by Crippen LogP contribution is 2.33. The fraction of sp³-hybridized carbons (Fsp3) is 0.467. The third-order valence-corrected chi connectivity index (χ3v) is 4.25. The van der Waals surface area contributed by atoms with Crippen LogP contribution < -0.4 is 9.64 Å². The van der Waals surface area contributed by atoms with Gasteiger partial charge in [0.2, 0.25) is 12.0 Å². The molecule has 1 aliphatic heterocycles. The van der Waals surface area contributed by atoms with Gasteiger partial charge in [-0.1, -0.05) is 25.5 Å². The van der Waals surface area contributed by atoms with Crippen molar-refractivity contribution in [3.63, 3.8) is 0 Å². The summed E-state index contributed by atoms with van der Waals surface area (Å²) in [4.78, 5) is 25.0. The lowest BCUT2D eigenvalue weighted by Gasteiger charge is -2.33. The third kappa shape index (κ3) is 3.91. The Morgan fingerprint density at radius 3 is 2.90 bits per heavy atom. The van der Waals surface area contributed by atoms with Crippen molar-refractivity contribution in [1.82, 2.24) is 0 Å². The van der Waals surface area contributed by atoms with Crippen LogP contribution in [0.2, 0.25) is 0 Å². The van der Waals surface area contributed by atoms with Gasteiger partial charge in [0.05, 0.1) is 18.0 Å². The maximum atomic E-state index is 12.3. The first-order valence-electron chi connectivity index (χ1n) is 7.00. The van der Waals surface area contributed by atoms with Gasteiger partial charge in [-0.15, -0.1) is 0 Å². The van der Waals surface area contributed by atoms with Crippen molar-refractivity contribution in [1.29, 1.82) is 0 Å². The number of aliphatic carboxylic acids is 1. The number of carbonyl (C=O) groups is 2. The van der Waals surface area contributed by atoms with Gasteiger partial charge in [-0.2, -0.15) is 11.8 Å². The van der Waals surface area contributed by atoms with Crippen LogP contribution in [0.5, 0.6) is 5.75 Å². The van der Waals surface area contributed by atoms with Gasteiger partial charge in [-0.25, -0.2) is 4.79 Å². The Morgan fingerprint density at radius 1 is 1.43 bits per heavy atom. The molecule has 1 N–H and O–H groups in total. The summed E-state index contributed by atoms with van der Waals surface area (Å²) in [6, 6.07) is 7.05. The molecule has 1 amide bonds. The molecule has 1 aromatic carbocycles. The number of anilines is 1. The van der Waals surface area contributed by atoms with Gasteiger partial charge in [0.25, 0.3) is 0 Å². The maximum absolute atomic E-state index is 12.3. The number of hydrogen-bond acceptors (Lipinski definition) is 4. The van der Waals surface area contributed by atoms with Gasteiger partial charge < -0.3 is 14.7 Å². The molecular formula is C15H19NO4S. The van der Waals surface area contributed by atoms with E-state index in [1.165, 1.54) is 4.90 Å². The van der Waals surface area contributed by atoms with Crippen LogP contribution in [0, 0.1) is 0 Å². The zero-order valence-corrected chi connectivity index (χ0v) is 12.8. The molecule has 0 saturated carbocycles. The highest BCUT2D eigenvalue weighted by atomic mass is 32.2. The summed E-state index contributed by atoms with van der Waals surface area (Å²) in [6.07, 6.45) is 1.17. The van der Waals surface area contributed by atoms with E-state index in [0.29, 0.717) is 17.2 Å². The molecule has 0 fully saturated rings. The van der Waals surface area contributed by atoms with Crippen molar-refractivity contribution < 1.29 is 19.4 Å². The first-order valence-corrected chi connectivity index (χ1v) is 8.15. The molecule has 1 heterocycles. The topological polar surface area (TPSA) is 66.8 Å². The van der Waals surface area contributed by atoms with Crippen LogP contribution in [-0.4, -0.2) is 41.1 Å². The zero-order chi connectivity index (χ0) is 15.2. The summed E-state index contributed by atoms with van der Waals surface area (Å²) in [6.45, 7) is 2.16. The molecule has 114 valence electrons. The minimum atomic E-state index is -1.05. The van der Waals surface area contributed by atoms with Crippen LogP contribution in [0.3, 0.4) is 0 Å². The quantitative estimate of drug-likeness (QED) is 0.817. The van der Waals surface area contributed by atoms with E-state index in [2.05, 4.69) is 6.92 Å². The number of rotatable bonds is 6. The number of carboxylic acids is 1. The second-order valence-corrected chi connectivity index (χ2v) is 5.93. The largest absolute Gasteiger partial charge is 0.478 e. The van der Waals surface area contributed by atoms with Gasteiger partial charge in [-0.3, -0.25) is 4.79 Å². The molecule has 0 radical (unpaired) electrons. The second kappa shape index (κ2) is 7.36. The standard InChI is InChI=1S/C15H19NO4S/c1-2-3-8-21-10-14(17)16-9-13(15(18)19)20-12-7-5-4-6-11(12)16/h4-7,13H,2-3,8-10H2,1H3,(H,18,19). The van der Waals surface area contributed by atoms with Gasteiger partial charge in [0, 0.05) is 0 Å². The number of ether oxygens (including phenoxy) is 1. The van der Waals surface area contributed by atoms with E-state index in [-0.39, 0.29) is 12.5 Å². The van der Waals surface area contributed by atoms with Gasteiger partial charge in [0.15, 0.2) is 0 Å². The van der Waals surface area contributed by atoms with Gasteiger partial charge in [0.1, 0.15) is 5.75 Å². The third-order valence-electron chi connectivity index (χ3n) is 3.22. The smallest absolute Gasteiger partial charge is 0.346 e. The van der Waals surface area contributed by atoms with Crippen LogP contribution in [0.1, 0.15) is 19.8 Å². The molecule has 0 bridgehead atoms. The van der Waals surface area contributed by atoms with Crippen molar-refractivity contribution in [2.24, 2.45) is 0 Å². The van der Waals surface area contributed by atoms with Crippen LogP contribution >= 0.6 is 11.8 Å². The average Bonchev–Trinajstić information content (AvgIpc) is 2.50. The average molecular weight is 309 g/mol. The summed E-state index contributed by atoms with van der Waals surface area (Å²) in [7, 11) is 0. The van der Waals surface area contributed by atoms with Crippen molar-refractivity contribution >= 4 is 29.3 Å². The Morgan fingerprint density at radius 2 is 2.19 bits per heavy atom. The van der Waals surface area contributed by atoms with Crippen molar-refractivity contribution in [3.05, 3.63) is 24.3 Å². The molecule has 21 heavy (non-hydrogen) atoms. The molecule has 1 aliphatic rings. The van der Waals surface area contributed by atoms with Crippen LogP contribution in [0.25, 0.3) is 0 Å². The predicted octanol–water partition coefficient (Wildman–Crippen LogP) is 2.40. The van der Waals surface area contributed by atoms with Crippen molar-refractivity contribution in [3.8, 4) is 5.75 Å². The molecule has 0 aromatic heterocycles. The van der Waals surface area contributed by atoms with E-state index in [9.17, 15) is 9.59 Å². The molecular weight excluding hydrogens is 290 g/mol. The molecule has 0 spiro atoms. The number of carbonyl (C=O) groups excluding carboxylic acids is 1. The summed E-state index contributed by atoms with van der Waals surface area (Å²) in [5, 5.41) is 9.14. The first kappa shape index (κ1) is 15.7. The van der Waals surface area contributed by atoms with E-state index >= 15 is 0 Å². The van der Waals surface area contributed by atoms with E-state index in [1.807, 2.05) is 6.07 Å². The Kier molecular flexibility index (Phi) is 5.50. The summed E-state index contributed by atoms with van der Waals surface area (Å²) in [5.41, 5.74) is 0.649. The summed E-state index contributed by atoms with van der Waals surface area (Å²) >= 11 is 1.58. The molecule has 0 aliphatic carbocycles. The first-order chi connectivity index (χ1) is 10.1.